The average Bonchev–Trinajstić information content (AvgIpc) is 2.40. The molecule has 0 aliphatic rings. The quantitative estimate of drug-likeness (QED) is 0.507. The molecule has 0 heterocycles. The lowest BCUT2D eigenvalue weighted by molar-refractivity contribution is -0.156. The molecule has 1 aromatic carbocycles. The van der Waals surface area contributed by atoms with Crippen molar-refractivity contribution >= 4 is 17.6 Å². The van der Waals surface area contributed by atoms with Crippen molar-refractivity contribution < 1.29 is 23.5 Å². The first kappa shape index (κ1) is 15.9. The minimum Gasteiger partial charge on any atom is -0.465 e. The number of halogens is 1. The van der Waals surface area contributed by atoms with Crippen LogP contribution < -0.4 is 5.73 Å². The van der Waals surface area contributed by atoms with Crippen LogP contribution in [0.4, 0.5) is 10.1 Å². The van der Waals surface area contributed by atoms with Gasteiger partial charge in [0.1, 0.15) is 5.82 Å². The van der Waals surface area contributed by atoms with Gasteiger partial charge in [0.2, 0.25) is 0 Å². The molecule has 0 aliphatic heterocycles. The number of esters is 2. The van der Waals surface area contributed by atoms with E-state index in [1.165, 1.54) is 19.1 Å². The van der Waals surface area contributed by atoms with E-state index in [-0.39, 0.29) is 30.0 Å². The van der Waals surface area contributed by atoms with Crippen molar-refractivity contribution in [3.05, 3.63) is 29.1 Å². The molecule has 0 amide bonds. The van der Waals surface area contributed by atoms with Crippen LogP contribution in [0.25, 0.3) is 0 Å². The van der Waals surface area contributed by atoms with E-state index in [0.29, 0.717) is 0 Å². The number of hydrogen-bond donors (Lipinski definition) is 1. The average molecular weight is 283 g/mol. The molecule has 5 nitrogen and oxygen atoms in total. The number of nitrogens with two attached hydrogens (primary N) is 1. The van der Waals surface area contributed by atoms with Crippen molar-refractivity contribution in [2.45, 2.75) is 26.7 Å². The second-order valence-corrected chi connectivity index (χ2v) is 4.12. The van der Waals surface area contributed by atoms with Gasteiger partial charge in [-0.3, -0.25) is 9.59 Å². The minimum absolute atomic E-state index is 0.0438. The SMILES string of the molecule is CCOC(=O)C(C(=O)OCC)c1ccc(N)c(F)c1C. The molecule has 20 heavy (non-hydrogen) atoms. The molecule has 0 spiro atoms. The van der Waals surface area contributed by atoms with Crippen LogP contribution in [-0.2, 0) is 19.1 Å². The number of hydrogen-bond acceptors (Lipinski definition) is 5. The number of benzene rings is 1. The Labute approximate surface area is 116 Å². The Morgan fingerprint density at radius 2 is 1.70 bits per heavy atom. The second-order valence-electron chi connectivity index (χ2n) is 4.12. The summed E-state index contributed by atoms with van der Waals surface area (Å²) in [4.78, 5) is 23.9. The van der Waals surface area contributed by atoms with E-state index in [2.05, 4.69) is 0 Å². The summed E-state index contributed by atoms with van der Waals surface area (Å²) in [7, 11) is 0. The Kier molecular flexibility index (Phi) is 5.49. The molecule has 0 atom stereocenters. The molecule has 0 saturated carbocycles. The van der Waals surface area contributed by atoms with Gasteiger partial charge in [-0.2, -0.15) is 0 Å². The van der Waals surface area contributed by atoms with Gasteiger partial charge in [0.25, 0.3) is 0 Å². The molecule has 1 rings (SSSR count). The molecule has 0 fully saturated rings. The molecule has 0 unspecified atom stereocenters. The Bertz CT molecular complexity index is 498. The fourth-order valence-corrected chi connectivity index (χ4v) is 1.84. The Balaban J connectivity index is 3.27. The maximum atomic E-state index is 13.8. The minimum atomic E-state index is -1.30. The standard InChI is InChI=1S/C14H18FNO4/c1-4-19-13(17)11(14(18)20-5-2)9-6-7-10(16)12(15)8(9)3/h6-7,11H,4-5,16H2,1-3H3. The molecule has 110 valence electrons. The summed E-state index contributed by atoms with van der Waals surface area (Å²) < 4.78 is 23.5. The first-order valence-corrected chi connectivity index (χ1v) is 6.31. The summed E-state index contributed by atoms with van der Waals surface area (Å²) in [5.74, 6) is -3.48. The lowest BCUT2D eigenvalue weighted by Crippen LogP contribution is -2.27. The largest absolute Gasteiger partial charge is 0.465 e. The highest BCUT2D eigenvalue weighted by atomic mass is 19.1. The summed E-state index contributed by atoms with van der Waals surface area (Å²) in [6, 6.07) is 2.75. The van der Waals surface area contributed by atoms with E-state index in [1.54, 1.807) is 13.8 Å². The Morgan fingerprint density at radius 1 is 1.20 bits per heavy atom. The van der Waals surface area contributed by atoms with Crippen LogP contribution in [0.3, 0.4) is 0 Å². The fraction of sp³-hybridized carbons (Fsp3) is 0.429. The molecule has 1 aromatic rings. The summed E-state index contributed by atoms with van der Waals surface area (Å²) in [6.07, 6.45) is 0. The van der Waals surface area contributed by atoms with Crippen LogP contribution >= 0.6 is 0 Å². The highest BCUT2D eigenvalue weighted by molar-refractivity contribution is 6.01. The van der Waals surface area contributed by atoms with E-state index in [4.69, 9.17) is 15.2 Å². The molecule has 0 aliphatic carbocycles. The van der Waals surface area contributed by atoms with Crippen LogP contribution in [0, 0.1) is 12.7 Å². The van der Waals surface area contributed by atoms with Crippen molar-refractivity contribution in [1.82, 2.24) is 0 Å². The van der Waals surface area contributed by atoms with Gasteiger partial charge < -0.3 is 15.2 Å². The Hall–Kier alpha value is -2.11. The molecule has 0 bridgehead atoms. The maximum Gasteiger partial charge on any atom is 0.324 e. The van der Waals surface area contributed by atoms with Gasteiger partial charge in [-0.25, -0.2) is 4.39 Å². The first-order valence-electron chi connectivity index (χ1n) is 6.31. The van der Waals surface area contributed by atoms with Crippen LogP contribution in [0.5, 0.6) is 0 Å². The van der Waals surface area contributed by atoms with Gasteiger partial charge in [-0.15, -0.1) is 0 Å². The summed E-state index contributed by atoms with van der Waals surface area (Å²) in [5, 5.41) is 0. The third kappa shape index (κ3) is 3.26. The summed E-state index contributed by atoms with van der Waals surface area (Å²) in [6.45, 7) is 4.93. The molecule has 6 heteroatoms. The molecule has 0 aromatic heterocycles. The molecule has 2 N–H and O–H groups in total. The van der Waals surface area contributed by atoms with Crippen molar-refractivity contribution in [2.75, 3.05) is 18.9 Å². The smallest absolute Gasteiger partial charge is 0.324 e. The number of ether oxygens (including phenoxy) is 2. The van der Waals surface area contributed by atoms with E-state index in [0.717, 1.165) is 0 Å². The fourth-order valence-electron chi connectivity index (χ4n) is 1.84. The zero-order valence-electron chi connectivity index (χ0n) is 11.7. The second kappa shape index (κ2) is 6.88. The number of carbonyl (C=O) groups excluding carboxylic acids is 2. The predicted octanol–water partition coefficient (Wildman–Crippen LogP) is 1.93. The lowest BCUT2D eigenvalue weighted by atomic mass is 9.94. The van der Waals surface area contributed by atoms with E-state index in [9.17, 15) is 14.0 Å². The number of rotatable bonds is 5. The van der Waals surface area contributed by atoms with Gasteiger partial charge in [0, 0.05) is 0 Å². The molecule has 0 saturated heterocycles. The molecular formula is C14H18FNO4. The lowest BCUT2D eigenvalue weighted by Gasteiger charge is -2.17. The maximum absolute atomic E-state index is 13.8. The van der Waals surface area contributed by atoms with Crippen molar-refractivity contribution in [3.63, 3.8) is 0 Å². The van der Waals surface area contributed by atoms with Crippen molar-refractivity contribution in [3.8, 4) is 0 Å². The zero-order chi connectivity index (χ0) is 15.3. The third-order valence-corrected chi connectivity index (χ3v) is 2.81. The summed E-state index contributed by atoms with van der Waals surface area (Å²) in [5.41, 5.74) is 5.75. The van der Waals surface area contributed by atoms with Crippen LogP contribution in [-0.4, -0.2) is 25.2 Å². The van der Waals surface area contributed by atoms with Gasteiger partial charge in [0.15, 0.2) is 5.92 Å². The predicted molar refractivity (Wildman–Crippen MR) is 71.6 cm³/mol. The monoisotopic (exact) mass is 283 g/mol. The number of carbonyl (C=O) groups is 2. The van der Waals surface area contributed by atoms with Gasteiger partial charge >= 0.3 is 11.9 Å². The number of nitrogen functional groups attached to an aromatic ring is 1. The molecule has 0 radical (unpaired) electrons. The van der Waals surface area contributed by atoms with E-state index in [1.807, 2.05) is 0 Å². The van der Waals surface area contributed by atoms with E-state index >= 15 is 0 Å². The van der Waals surface area contributed by atoms with Gasteiger partial charge in [-0.05, 0) is 38.0 Å². The van der Waals surface area contributed by atoms with Crippen molar-refractivity contribution in [1.29, 1.82) is 0 Å². The van der Waals surface area contributed by atoms with Crippen LogP contribution in [0.2, 0.25) is 0 Å². The molecular weight excluding hydrogens is 265 g/mol. The third-order valence-electron chi connectivity index (χ3n) is 2.81. The highest BCUT2D eigenvalue weighted by Crippen LogP contribution is 2.27. The van der Waals surface area contributed by atoms with Gasteiger partial charge in [0.05, 0.1) is 18.9 Å². The number of anilines is 1. The highest BCUT2D eigenvalue weighted by Gasteiger charge is 2.33. The normalized spacial score (nSPS) is 10.4. The van der Waals surface area contributed by atoms with Crippen molar-refractivity contribution in [2.24, 2.45) is 0 Å². The topological polar surface area (TPSA) is 78.6 Å². The Morgan fingerprint density at radius 3 is 2.15 bits per heavy atom. The van der Waals surface area contributed by atoms with Crippen LogP contribution in [0.15, 0.2) is 12.1 Å². The van der Waals surface area contributed by atoms with Gasteiger partial charge in [-0.1, -0.05) is 6.07 Å². The van der Waals surface area contributed by atoms with E-state index < -0.39 is 23.7 Å². The van der Waals surface area contributed by atoms with Crippen LogP contribution in [0.1, 0.15) is 30.9 Å². The zero-order valence-corrected chi connectivity index (χ0v) is 11.7. The first-order chi connectivity index (χ1) is 9.43. The summed E-state index contributed by atoms with van der Waals surface area (Å²) >= 11 is 0.